The number of benzene rings is 1. The maximum Gasteiger partial charge on any atom is 0.238 e. The van der Waals surface area contributed by atoms with Crippen molar-refractivity contribution < 1.29 is 9.90 Å². The zero-order valence-corrected chi connectivity index (χ0v) is 19.2. The number of aliphatic hydroxyl groups is 1. The summed E-state index contributed by atoms with van der Waals surface area (Å²) < 4.78 is 1.78. The van der Waals surface area contributed by atoms with Gasteiger partial charge in [-0.3, -0.25) is 4.79 Å². The molecule has 0 aliphatic heterocycles. The van der Waals surface area contributed by atoms with Gasteiger partial charge in [0.05, 0.1) is 19.2 Å². The van der Waals surface area contributed by atoms with Gasteiger partial charge < -0.3 is 26.0 Å². The summed E-state index contributed by atoms with van der Waals surface area (Å²) in [6, 6.07) is 9.62. The number of amides is 1. The second-order valence-corrected chi connectivity index (χ2v) is 8.24. The number of nitrogens with one attached hydrogen (secondary N) is 3. The normalized spacial score (nSPS) is 12.2. The van der Waals surface area contributed by atoms with Crippen LogP contribution in [-0.2, 0) is 11.3 Å². The van der Waals surface area contributed by atoms with Gasteiger partial charge in [0.25, 0.3) is 0 Å². The third-order valence-corrected chi connectivity index (χ3v) is 5.03. The van der Waals surface area contributed by atoms with Crippen LogP contribution in [0.2, 0.25) is 0 Å². The summed E-state index contributed by atoms with van der Waals surface area (Å²) in [6.07, 6.45) is 3.63. The fourth-order valence-corrected chi connectivity index (χ4v) is 3.43. The molecule has 4 N–H and O–H groups in total. The number of hydrogen-bond donors (Lipinski definition) is 4. The average molecular weight is 437 g/mol. The highest BCUT2D eigenvalue weighted by Gasteiger charge is 2.12. The number of rotatable bonds is 11. The van der Waals surface area contributed by atoms with Crippen molar-refractivity contribution in [1.82, 2.24) is 19.5 Å². The highest BCUT2D eigenvalue weighted by atomic mass is 16.3. The lowest BCUT2D eigenvalue weighted by Crippen LogP contribution is -2.27. The summed E-state index contributed by atoms with van der Waals surface area (Å²) in [5, 5.41) is 23.7. The molecular weight excluding hydrogens is 405 g/mol. The van der Waals surface area contributed by atoms with Crippen LogP contribution >= 0.6 is 0 Å². The van der Waals surface area contributed by atoms with Crippen molar-refractivity contribution in [2.45, 2.75) is 32.4 Å². The van der Waals surface area contributed by atoms with E-state index in [0.717, 1.165) is 41.0 Å². The number of nitrogens with zero attached hydrogens (tertiary/aromatic N) is 4. The van der Waals surface area contributed by atoms with Crippen LogP contribution in [0, 0.1) is 0 Å². The van der Waals surface area contributed by atoms with E-state index in [1.807, 2.05) is 57.2 Å². The number of hydrogen-bond acceptors (Lipinski definition) is 7. The second kappa shape index (κ2) is 11.0. The topological polar surface area (TPSA) is 107 Å². The number of carbonyl (C=O) groups is 1. The van der Waals surface area contributed by atoms with E-state index in [0.29, 0.717) is 18.9 Å². The number of aliphatic hydroxyl groups excluding tert-OH is 1. The molecule has 0 radical (unpaired) electrons. The number of anilines is 3. The molecule has 32 heavy (non-hydrogen) atoms. The van der Waals surface area contributed by atoms with Crippen molar-refractivity contribution in [2.24, 2.45) is 0 Å². The Bertz CT molecular complexity index is 1040. The van der Waals surface area contributed by atoms with Crippen LogP contribution in [0.4, 0.5) is 17.3 Å². The third kappa shape index (κ3) is 6.21. The van der Waals surface area contributed by atoms with E-state index in [9.17, 15) is 9.90 Å². The third-order valence-electron chi connectivity index (χ3n) is 5.03. The molecule has 0 saturated heterocycles. The van der Waals surface area contributed by atoms with Crippen molar-refractivity contribution in [1.29, 1.82) is 0 Å². The van der Waals surface area contributed by atoms with Crippen molar-refractivity contribution in [2.75, 3.05) is 43.2 Å². The Kier molecular flexibility index (Phi) is 8.07. The Hall–Kier alpha value is -3.11. The molecule has 2 aromatic heterocycles. The molecule has 1 aromatic carbocycles. The summed E-state index contributed by atoms with van der Waals surface area (Å²) in [6.45, 7) is 3.07. The molecule has 1 atom stereocenters. The SMILES string of the molecule is Bc1cnn2c(NCc3ccc(NC(=O)CN(C)C)cc3)cc(N[C@H](CO)CCC)nc12. The van der Waals surface area contributed by atoms with Crippen LogP contribution in [0.25, 0.3) is 5.65 Å². The van der Waals surface area contributed by atoms with Gasteiger partial charge in [-0.05, 0) is 43.7 Å². The summed E-state index contributed by atoms with van der Waals surface area (Å²) in [4.78, 5) is 18.4. The quantitative estimate of drug-likeness (QED) is 0.327. The van der Waals surface area contributed by atoms with Crippen LogP contribution in [0.3, 0.4) is 0 Å². The van der Waals surface area contributed by atoms with E-state index >= 15 is 0 Å². The van der Waals surface area contributed by atoms with Gasteiger partial charge in [-0.1, -0.05) is 25.5 Å². The van der Waals surface area contributed by atoms with E-state index in [1.165, 1.54) is 0 Å². The average Bonchev–Trinajstić information content (AvgIpc) is 3.13. The number of carbonyl (C=O) groups excluding carboxylic acids is 1. The summed E-state index contributed by atoms with van der Waals surface area (Å²) in [5.74, 6) is 1.47. The molecule has 1 amide bonds. The summed E-state index contributed by atoms with van der Waals surface area (Å²) in [5.41, 5.74) is 3.58. The minimum absolute atomic E-state index is 0.0405. The van der Waals surface area contributed by atoms with Crippen molar-refractivity contribution in [3.05, 3.63) is 42.1 Å². The minimum atomic E-state index is -0.0432. The molecule has 3 aromatic rings. The molecule has 0 saturated carbocycles. The number of likely N-dealkylation sites (N-methyl/N-ethyl adjacent to an activating group) is 1. The molecule has 0 fully saturated rings. The summed E-state index contributed by atoms with van der Waals surface area (Å²) in [7, 11) is 5.70. The Morgan fingerprint density at radius 1 is 1.28 bits per heavy atom. The molecule has 0 aliphatic carbocycles. The summed E-state index contributed by atoms with van der Waals surface area (Å²) >= 11 is 0. The van der Waals surface area contributed by atoms with E-state index < -0.39 is 0 Å². The lowest BCUT2D eigenvalue weighted by Gasteiger charge is -2.18. The standard InChI is InChI=1S/C22H32BN7O2/c1-4-5-17(14-31)26-19-10-20(30-22(28-19)18(23)12-25-30)24-11-15-6-8-16(9-7-15)27-21(32)13-29(2)3/h6-10,12,17,24,31H,4-5,11,13-14,23H2,1-3H3,(H,26,28)(H,27,32)/t17-/m0/s1. The Labute approximate surface area is 189 Å². The van der Waals surface area contributed by atoms with E-state index in [2.05, 4.69) is 33.0 Å². The fourth-order valence-electron chi connectivity index (χ4n) is 3.43. The van der Waals surface area contributed by atoms with Gasteiger partial charge in [0, 0.05) is 24.5 Å². The van der Waals surface area contributed by atoms with Crippen LogP contribution in [-0.4, -0.2) is 71.6 Å². The predicted molar refractivity (Wildman–Crippen MR) is 132 cm³/mol. The smallest absolute Gasteiger partial charge is 0.238 e. The molecule has 0 aliphatic rings. The first kappa shape index (κ1) is 23.6. The van der Waals surface area contributed by atoms with Gasteiger partial charge in [0.15, 0.2) is 5.65 Å². The predicted octanol–water partition coefficient (Wildman–Crippen LogP) is 0.673. The first-order chi connectivity index (χ1) is 15.4. The lowest BCUT2D eigenvalue weighted by atomic mass is 10.0. The maximum atomic E-state index is 11.9. The van der Waals surface area contributed by atoms with Gasteiger partial charge in [0.2, 0.25) is 5.91 Å². The molecule has 3 rings (SSSR count). The molecule has 9 nitrogen and oxygen atoms in total. The molecule has 0 spiro atoms. The zero-order valence-electron chi connectivity index (χ0n) is 19.2. The van der Waals surface area contributed by atoms with Crippen molar-refractivity contribution >= 4 is 42.2 Å². The molecular formula is C22H32BN7O2. The fraction of sp³-hybridized carbons (Fsp3) is 0.409. The van der Waals surface area contributed by atoms with Crippen molar-refractivity contribution in [3.63, 3.8) is 0 Å². The zero-order chi connectivity index (χ0) is 23.1. The van der Waals surface area contributed by atoms with Crippen LogP contribution in [0.15, 0.2) is 36.5 Å². The number of aromatic nitrogens is 3. The molecule has 0 bridgehead atoms. The minimum Gasteiger partial charge on any atom is -0.394 e. The van der Waals surface area contributed by atoms with Gasteiger partial charge in [0.1, 0.15) is 19.5 Å². The van der Waals surface area contributed by atoms with Crippen LogP contribution < -0.4 is 21.4 Å². The van der Waals surface area contributed by atoms with E-state index in [4.69, 9.17) is 0 Å². The van der Waals surface area contributed by atoms with Gasteiger partial charge >= 0.3 is 0 Å². The lowest BCUT2D eigenvalue weighted by molar-refractivity contribution is -0.116. The van der Waals surface area contributed by atoms with E-state index in [-0.39, 0.29) is 18.6 Å². The van der Waals surface area contributed by atoms with Crippen molar-refractivity contribution in [3.8, 4) is 0 Å². The van der Waals surface area contributed by atoms with Crippen LogP contribution in [0.5, 0.6) is 0 Å². The first-order valence-electron chi connectivity index (χ1n) is 10.9. The molecule has 10 heteroatoms. The number of fused-ring (bicyclic) bond motifs is 1. The van der Waals surface area contributed by atoms with Gasteiger partial charge in [-0.25, -0.2) is 4.98 Å². The highest BCUT2D eigenvalue weighted by Crippen LogP contribution is 2.18. The van der Waals surface area contributed by atoms with Gasteiger partial charge in [-0.2, -0.15) is 9.61 Å². The first-order valence-corrected chi connectivity index (χ1v) is 10.9. The molecule has 0 unspecified atom stereocenters. The van der Waals surface area contributed by atoms with Gasteiger partial charge in [-0.15, -0.1) is 0 Å². The Morgan fingerprint density at radius 2 is 2.03 bits per heavy atom. The maximum absolute atomic E-state index is 11.9. The Morgan fingerprint density at radius 3 is 2.69 bits per heavy atom. The highest BCUT2D eigenvalue weighted by molar-refractivity contribution is 6.36. The molecule has 170 valence electrons. The Balaban J connectivity index is 1.72. The second-order valence-electron chi connectivity index (χ2n) is 8.24. The molecule has 2 heterocycles. The van der Waals surface area contributed by atoms with Crippen LogP contribution in [0.1, 0.15) is 25.3 Å². The monoisotopic (exact) mass is 437 g/mol. The largest absolute Gasteiger partial charge is 0.394 e. The van der Waals surface area contributed by atoms with E-state index in [1.54, 1.807) is 10.7 Å².